The third kappa shape index (κ3) is 4.84. The van der Waals surface area contributed by atoms with Gasteiger partial charge in [0.2, 0.25) is 5.91 Å². The largest absolute Gasteiger partial charge is 0.371 e. The second-order valence-corrected chi connectivity index (χ2v) is 7.76. The zero-order chi connectivity index (χ0) is 21.5. The van der Waals surface area contributed by atoms with Gasteiger partial charge in [0.15, 0.2) is 0 Å². The first-order valence-corrected chi connectivity index (χ1v) is 11.1. The topological polar surface area (TPSA) is 52.7 Å². The highest BCUT2D eigenvalue weighted by Gasteiger charge is 2.24. The van der Waals surface area contributed by atoms with Gasteiger partial charge in [0.25, 0.3) is 5.91 Å². The van der Waals surface area contributed by atoms with Crippen molar-refractivity contribution in [2.45, 2.75) is 46.0 Å². The molecule has 0 aliphatic carbocycles. The number of rotatable bonds is 8. The predicted octanol–water partition coefficient (Wildman–Crippen LogP) is 4.90. The summed E-state index contributed by atoms with van der Waals surface area (Å²) in [5, 5.41) is 3.05. The summed E-state index contributed by atoms with van der Waals surface area (Å²) in [7, 11) is 0. The van der Waals surface area contributed by atoms with Crippen LogP contribution in [0.15, 0.2) is 48.5 Å². The highest BCUT2D eigenvalue weighted by molar-refractivity contribution is 6.03. The lowest BCUT2D eigenvalue weighted by Crippen LogP contribution is -2.32. The van der Waals surface area contributed by atoms with Crippen LogP contribution in [0.2, 0.25) is 0 Å². The lowest BCUT2D eigenvalue weighted by Gasteiger charge is -2.26. The molecule has 1 aliphatic rings. The van der Waals surface area contributed by atoms with Crippen LogP contribution in [0.3, 0.4) is 0 Å². The molecular weight excluding hydrogens is 374 g/mol. The molecule has 1 saturated heterocycles. The van der Waals surface area contributed by atoms with E-state index < -0.39 is 0 Å². The first-order valence-electron chi connectivity index (χ1n) is 11.1. The second-order valence-electron chi connectivity index (χ2n) is 7.76. The van der Waals surface area contributed by atoms with Crippen molar-refractivity contribution >= 4 is 23.2 Å². The number of carbonyl (C=O) groups excluding carboxylic acids is 2. The maximum absolute atomic E-state index is 13.2. The monoisotopic (exact) mass is 407 g/mol. The van der Waals surface area contributed by atoms with E-state index in [1.54, 1.807) is 0 Å². The molecule has 1 fully saturated rings. The van der Waals surface area contributed by atoms with Crippen molar-refractivity contribution in [3.63, 3.8) is 0 Å². The van der Waals surface area contributed by atoms with Crippen LogP contribution in [-0.2, 0) is 4.79 Å². The number of hydrogen-bond acceptors (Lipinski definition) is 3. The molecule has 160 valence electrons. The van der Waals surface area contributed by atoms with E-state index in [2.05, 4.69) is 10.2 Å². The van der Waals surface area contributed by atoms with Crippen LogP contribution in [0.25, 0.3) is 0 Å². The fourth-order valence-electron chi connectivity index (χ4n) is 4.19. The maximum Gasteiger partial charge on any atom is 0.256 e. The Labute approximate surface area is 180 Å². The smallest absolute Gasteiger partial charge is 0.256 e. The summed E-state index contributed by atoms with van der Waals surface area (Å²) in [6.07, 6.45) is 3.01. The third-order valence-electron chi connectivity index (χ3n) is 5.92. The fourth-order valence-corrected chi connectivity index (χ4v) is 4.19. The summed E-state index contributed by atoms with van der Waals surface area (Å²) in [5.74, 6) is -0.238. The van der Waals surface area contributed by atoms with Gasteiger partial charge in [-0.1, -0.05) is 37.3 Å². The number of benzene rings is 2. The molecule has 2 amide bonds. The van der Waals surface area contributed by atoms with Gasteiger partial charge in [-0.3, -0.25) is 9.59 Å². The molecule has 0 aromatic heterocycles. The van der Waals surface area contributed by atoms with E-state index in [0.29, 0.717) is 30.8 Å². The van der Waals surface area contributed by atoms with Crippen LogP contribution >= 0.6 is 0 Å². The average molecular weight is 408 g/mol. The second kappa shape index (κ2) is 10.3. The average Bonchev–Trinajstić information content (AvgIpc) is 3.30. The number of carbonyl (C=O) groups is 2. The normalized spacial score (nSPS) is 14.4. The van der Waals surface area contributed by atoms with Crippen LogP contribution in [0.1, 0.15) is 61.9 Å². The van der Waals surface area contributed by atoms with Crippen LogP contribution in [-0.4, -0.2) is 42.9 Å². The van der Waals surface area contributed by atoms with Crippen LogP contribution < -0.4 is 10.2 Å². The first-order chi connectivity index (χ1) is 14.6. The van der Waals surface area contributed by atoms with Gasteiger partial charge in [0, 0.05) is 37.6 Å². The van der Waals surface area contributed by atoms with Gasteiger partial charge < -0.3 is 15.1 Å². The molecule has 0 spiro atoms. The van der Waals surface area contributed by atoms with E-state index in [9.17, 15) is 9.59 Å². The number of nitrogens with zero attached hydrogens (tertiary/aromatic N) is 2. The molecular formula is C25H33N3O2. The minimum absolute atomic E-state index is 0.0214. The fraction of sp³-hybridized carbons (Fsp3) is 0.440. The Morgan fingerprint density at radius 1 is 1.00 bits per heavy atom. The van der Waals surface area contributed by atoms with Crippen molar-refractivity contribution in [3.8, 4) is 0 Å². The Morgan fingerprint density at radius 2 is 1.67 bits per heavy atom. The minimum Gasteiger partial charge on any atom is -0.371 e. The molecule has 5 heteroatoms. The Morgan fingerprint density at radius 3 is 2.27 bits per heavy atom. The zero-order valence-corrected chi connectivity index (χ0v) is 18.4. The summed E-state index contributed by atoms with van der Waals surface area (Å²) in [5.41, 5.74) is 3.32. The van der Waals surface area contributed by atoms with Gasteiger partial charge >= 0.3 is 0 Å². The highest BCUT2D eigenvalue weighted by atomic mass is 16.2. The molecule has 1 atom stereocenters. The van der Waals surface area contributed by atoms with Gasteiger partial charge in [-0.2, -0.15) is 0 Å². The van der Waals surface area contributed by atoms with Crippen molar-refractivity contribution in [1.82, 2.24) is 4.90 Å². The summed E-state index contributed by atoms with van der Waals surface area (Å²) in [4.78, 5) is 30.3. The third-order valence-corrected chi connectivity index (χ3v) is 5.92. The quantitative estimate of drug-likeness (QED) is 0.677. The number of hydrogen-bond donors (Lipinski definition) is 1. The van der Waals surface area contributed by atoms with Crippen molar-refractivity contribution < 1.29 is 9.59 Å². The van der Waals surface area contributed by atoms with Gasteiger partial charge in [-0.05, 0) is 56.9 Å². The van der Waals surface area contributed by atoms with Crippen molar-refractivity contribution in [2.75, 3.05) is 36.4 Å². The van der Waals surface area contributed by atoms with Gasteiger partial charge in [0.1, 0.15) is 0 Å². The van der Waals surface area contributed by atoms with Crippen molar-refractivity contribution in [1.29, 1.82) is 0 Å². The first kappa shape index (κ1) is 21.9. The number of amides is 2. The lowest BCUT2D eigenvalue weighted by molar-refractivity contribution is -0.117. The standard InChI is InChI=1S/C25H33N3O2/c1-4-21(19-12-8-7-9-13-19)24(29)26-20-14-15-23(28-16-10-11-17-28)22(18-20)25(30)27(5-2)6-3/h7-9,12-15,18,21H,4-6,10-11,16-17H2,1-3H3,(H,26,29)/t21-/m0/s1. The minimum atomic E-state index is -0.216. The molecule has 2 aromatic rings. The molecule has 2 aromatic carbocycles. The van der Waals surface area contributed by atoms with Gasteiger partial charge in [-0.25, -0.2) is 0 Å². The highest BCUT2D eigenvalue weighted by Crippen LogP contribution is 2.30. The molecule has 1 N–H and O–H groups in total. The molecule has 1 aliphatic heterocycles. The predicted molar refractivity (Wildman–Crippen MR) is 123 cm³/mol. The lowest BCUT2D eigenvalue weighted by atomic mass is 9.95. The van der Waals surface area contributed by atoms with Gasteiger partial charge in [0.05, 0.1) is 11.5 Å². The van der Waals surface area contributed by atoms with Crippen LogP contribution in [0.5, 0.6) is 0 Å². The molecule has 0 bridgehead atoms. The van der Waals surface area contributed by atoms with Crippen LogP contribution in [0.4, 0.5) is 11.4 Å². The molecule has 5 nitrogen and oxygen atoms in total. The number of nitrogens with one attached hydrogen (secondary N) is 1. The molecule has 30 heavy (non-hydrogen) atoms. The maximum atomic E-state index is 13.2. The molecule has 0 saturated carbocycles. The Kier molecular flexibility index (Phi) is 7.50. The molecule has 3 rings (SSSR count). The number of anilines is 2. The van der Waals surface area contributed by atoms with E-state index in [-0.39, 0.29) is 17.7 Å². The Bertz CT molecular complexity index is 856. The summed E-state index contributed by atoms with van der Waals surface area (Å²) in [6.45, 7) is 9.27. The molecule has 0 unspecified atom stereocenters. The summed E-state index contributed by atoms with van der Waals surface area (Å²) >= 11 is 0. The Balaban J connectivity index is 1.89. The zero-order valence-electron chi connectivity index (χ0n) is 18.4. The van der Waals surface area contributed by atoms with E-state index in [4.69, 9.17) is 0 Å². The summed E-state index contributed by atoms with van der Waals surface area (Å²) in [6, 6.07) is 15.6. The molecule has 0 radical (unpaired) electrons. The molecule has 1 heterocycles. The van der Waals surface area contributed by atoms with E-state index in [1.807, 2.05) is 74.2 Å². The van der Waals surface area contributed by atoms with E-state index >= 15 is 0 Å². The van der Waals surface area contributed by atoms with Crippen molar-refractivity contribution in [3.05, 3.63) is 59.7 Å². The van der Waals surface area contributed by atoms with Crippen molar-refractivity contribution in [2.24, 2.45) is 0 Å². The van der Waals surface area contributed by atoms with E-state index in [0.717, 1.165) is 37.2 Å². The van der Waals surface area contributed by atoms with Gasteiger partial charge in [-0.15, -0.1) is 0 Å². The SMILES string of the molecule is CC[C@H](C(=O)Nc1ccc(N2CCCC2)c(C(=O)N(CC)CC)c1)c1ccccc1. The Hall–Kier alpha value is -2.82. The summed E-state index contributed by atoms with van der Waals surface area (Å²) < 4.78 is 0. The van der Waals surface area contributed by atoms with Crippen LogP contribution in [0, 0.1) is 0 Å². The van der Waals surface area contributed by atoms with E-state index in [1.165, 1.54) is 0 Å².